The van der Waals surface area contributed by atoms with E-state index >= 15 is 4.39 Å². The predicted octanol–water partition coefficient (Wildman–Crippen LogP) is 2.66. The molecule has 7 rings (SSSR count). The molecule has 0 N–H and O–H groups in total. The molecule has 2 fully saturated rings. The molecular weight excluding hydrogens is 950 g/mol. The molecule has 0 amide bonds. The van der Waals surface area contributed by atoms with Crippen molar-refractivity contribution >= 4 is 33.9 Å². The number of anilines is 2. The summed E-state index contributed by atoms with van der Waals surface area (Å²) in [5, 5.41) is 8.51. The minimum absolute atomic E-state index is 0. The van der Waals surface area contributed by atoms with Gasteiger partial charge in [-0.1, -0.05) is 19.4 Å². The van der Waals surface area contributed by atoms with Crippen LogP contribution in [-0.4, -0.2) is 113 Å². The molecule has 2 aliphatic rings. The second-order valence-corrected chi connectivity index (χ2v) is 17.9. The van der Waals surface area contributed by atoms with Crippen molar-refractivity contribution in [2.45, 2.75) is 89.9 Å². The minimum Gasteiger partial charge on any atom is -0.726 e. The molecule has 0 radical (unpaired) electrons. The van der Waals surface area contributed by atoms with Gasteiger partial charge in [-0.3, -0.25) is 8.98 Å². The fourth-order valence-corrected chi connectivity index (χ4v) is 8.92. The van der Waals surface area contributed by atoms with Crippen molar-refractivity contribution in [1.29, 1.82) is 0 Å². The Balaban J connectivity index is 0.00000804. The van der Waals surface area contributed by atoms with Crippen LogP contribution in [0.5, 0.6) is 5.75 Å². The van der Waals surface area contributed by atoms with Gasteiger partial charge >= 0.3 is 47.4 Å². The van der Waals surface area contributed by atoms with E-state index in [4.69, 9.17) is 23.7 Å². The van der Waals surface area contributed by atoms with E-state index in [-0.39, 0.29) is 67.0 Å². The number of aromatic nitrogens is 6. The van der Waals surface area contributed by atoms with Gasteiger partial charge in [-0.25, -0.2) is 45.7 Å². The van der Waals surface area contributed by atoms with Crippen LogP contribution in [0.1, 0.15) is 70.9 Å². The number of carbonyl (C=O) groups excluding carboxylic acids is 2. The van der Waals surface area contributed by atoms with Gasteiger partial charge in [0.2, 0.25) is 16.7 Å². The number of piperazine rings is 1. The average Bonchev–Trinajstić information content (AvgIpc) is 4.08. The largest absolute Gasteiger partial charge is 1.00 e. The maximum Gasteiger partial charge on any atom is 1.00 e. The molecule has 24 heteroatoms. The standard InChI is InChI=1S/C46H56F2N8O12S.Na/c1-4-42(32(2)66-45(59)68-33(3)67-43(57)8-6-5-7-23-65-69(60,61)62)56-44(58)55(31-51-56)38-12-10-36(11-13-38)52-19-21-53(22-20-52)37-14-16-39(17-15-37)63-26-34-25-46(64-27-34,28-54-30-49-29-50-54)40-18-9-35(47)24-41(40)48;/h9-18,24,29-34,42H,4-8,19-23,25-28H2,1-3H3,(H,60,61,62);/q;+1/p-1/t32?,33?,34-,42+,46+;/m1./s1. The molecule has 2 aromatic heterocycles. The van der Waals surface area contributed by atoms with Crippen LogP contribution in [0.3, 0.4) is 0 Å². The Kier molecular flexibility index (Phi) is 19.0. The van der Waals surface area contributed by atoms with E-state index in [0.717, 1.165) is 43.6 Å². The number of hydrogen-bond donors (Lipinski definition) is 0. The van der Waals surface area contributed by atoms with Gasteiger partial charge in [0, 0.05) is 68.4 Å². The van der Waals surface area contributed by atoms with E-state index < -0.39 is 63.9 Å². The topological polar surface area (TPSA) is 224 Å². The molecule has 2 aliphatic heterocycles. The molecule has 2 saturated heterocycles. The van der Waals surface area contributed by atoms with Crippen LogP contribution in [0.15, 0.2) is 90.5 Å². The molecular formula is C46H55F2N8NaO12S. The van der Waals surface area contributed by atoms with Crippen molar-refractivity contribution in [1.82, 2.24) is 29.1 Å². The Morgan fingerprint density at radius 2 is 1.56 bits per heavy atom. The first kappa shape index (κ1) is 53.9. The van der Waals surface area contributed by atoms with Crippen molar-refractivity contribution in [3.63, 3.8) is 0 Å². The number of rotatable bonds is 22. The Bertz CT molecular complexity index is 2650. The fraction of sp³-hybridized carbons (Fsp3) is 0.478. The Labute approximate surface area is 426 Å². The Hall–Kier alpha value is -5.43. The normalized spacial score (nSPS) is 18.4. The van der Waals surface area contributed by atoms with Crippen molar-refractivity contribution in [3.8, 4) is 11.4 Å². The number of nitrogens with zero attached hydrogens (tertiary/aromatic N) is 8. The number of halogens is 2. The molecule has 20 nitrogen and oxygen atoms in total. The van der Waals surface area contributed by atoms with Crippen LogP contribution >= 0.6 is 0 Å². The molecule has 0 spiro atoms. The first-order chi connectivity index (χ1) is 33.1. The summed E-state index contributed by atoms with van der Waals surface area (Å²) in [6.07, 6.45) is 2.91. The molecule has 0 bridgehead atoms. The van der Waals surface area contributed by atoms with Crippen LogP contribution in [0.4, 0.5) is 25.0 Å². The van der Waals surface area contributed by atoms with Crippen molar-refractivity contribution in [2.75, 3.05) is 55.8 Å². The maximum atomic E-state index is 15.1. The SMILES string of the molecule is CC[C@@H](C(C)OC(=O)OC(C)OC(=O)CCCCCOS(=O)(=O)[O-])n1ncn(-c2ccc(N3CCN(c4ccc(OC[C@@H]5CO[C@@](Cn6cncn6)(c6ccc(F)cc6F)C5)cc4)CC3)cc2)c1=O.[Na+]. The van der Waals surface area contributed by atoms with E-state index in [1.165, 1.54) is 47.3 Å². The quantitative estimate of drug-likeness (QED) is 0.0243. The first-order valence-corrected chi connectivity index (χ1v) is 24.0. The van der Waals surface area contributed by atoms with Gasteiger partial charge in [0.15, 0.2) is 0 Å². The zero-order chi connectivity index (χ0) is 49.1. The van der Waals surface area contributed by atoms with Crippen LogP contribution in [0.2, 0.25) is 0 Å². The number of esters is 1. The predicted molar refractivity (Wildman–Crippen MR) is 242 cm³/mol. The summed E-state index contributed by atoms with van der Waals surface area (Å²) in [6.45, 7) is 8.46. The molecule has 3 aromatic carbocycles. The number of benzene rings is 3. The average molecular weight is 1010 g/mol. The molecule has 5 aromatic rings. The summed E-state index contributed by atoms with van der Waals surface area (Å²) >= 11 is 0. The van der Waals surface area contributed by atoms with Crippen molar-refractivity contribution in [2.24, 2.45) is 5.92 Å². The summed E-state index contributed by atoms with van der Waals surface area (Å²) in [6, 6.07) is 18.4. The van der Waals surface area contributed by atoms with Crippen LogP contribution in [0, 0.1) is 17.6 Å². The van der Waals surface area contributed by atoms with E-state index in [1.54, 1.807) is 11.6 Å². The number of hydrogen-bond acceptors (Lipinski definition) is 17. The van der Waals surface area contributed by atoms with Gasteiger partial charge in [0.05, 0.1) is 38.1 Å². The third-order valence-corrected chi connectivity index (χ3v) is 12.5. The smallest absolute Gasteiger partial charge is 0.726 e. The molecule has 2 unspecified atom stereocenters. The summed E-state index contributed by atoms with van der Waals surface area (Å²) in [5.74, 6) is -1.35. The van der Waals surface area contributed by atoms with Crippen molar-refractivity contribution in [3.05, 3.63) is 113 Å². The Morgan fingerprint density at radius 3 is 2.19 bits per heavy atom. The molecule has 0 aliphatic carbocycles. The Morgan fingerprint density at radius 1 is 0.886 bits per heavy atom. The van der Waals surface area contributed by atoms with E-state index in [1.807, 2.05) is 55.5 Å². The van der Waals surface area contributed by atoms with Crippen LogP contribution in [-0.2, 0) is 50.5 Å². The van der Waals surface area contributed by atoms with Gasteiger partial charge in [0.25, 0.3) is 0 Å². The third-order valence-electron chi connectivity index (χ3n) is 12.0. The zero-order valence-corrected chi connectivity index (χ0v) is 42.2. The van der Waals surface area contributed by atoms with Crippen LogP contribution < -0.4 is 49.8 Å². The van der Waals surface area contributed by atoms with Gasteiger partial charge < -0.3 is 38.0 Å². The number of ether oxygens (including phenoxy) is 5. The maximum absolute atomic E-state index is 15.1. The number of unbranched alkanes of at least 4 members (excludes halogenated alkanes) is 2. The fourth-order valence-electron chi connectivity index (χ4n) is 8.60. The van der Waals surface area contributed by atoms with Crippen molar-refractivity contribution < 1.29 is 88.8 Å². The first-order valence-electron chi connectivity index (χ1n) is 22.7. The molecule has 4 heterocycles. The molecule has 0 saturated carbocycles. The second-order valence-electron chi connectivity index (χ2n) is 16.9. The summed E-state index contributed by atoms with van der Waals surface area (Å²) in [7, 11) is -4.76. The van der Waals surface area contributed by atoms with Gasteiger partial charge in [0.1, 0.15) is 48.1 Å². The molecule has 70 heavy (non-hydrogen) atoms. The van der Waals surface area contributed by atoms with E-state index in [9.17, 15) is 31.7 Å². The minimum atomic E-state index is -4.76. The third kappa shape index (κ3) is 14.3. The van der Waals surface area contributed by atoms with E-state index in [0.29, 0.717) is 50.3 Å². The summed E-state index contributed by atoms with van der Waals surface area (Å²) in [4.78, 5) is 46.9. The monoisotopic (exact) mass is 1000 g/mol. The second kappa shape index (κ2) is 24.6. The van der Waals surface area contributed by atoms with Crippen LogP contribution in [0.25, 0.3) is 5.69 Å². The number of carbonyl (C=O) groups is 2. The summed E-state index contributed by atoms with van der Waals surface area (Å²) in [5.41, 5.74) is 1.44. The molecule has 5 atom stereocenters. The zero-order valence-electron chi connectivity index (χ0n) is 39.4. The van der Waals surface area contributed by atoms with Gasteiger partial charge in [-0.05, 0) is 87.2 Å². The van der Waals surface area contributed by atoms with Gasteiger partial charge in [-0.2, -0.15) is 10.2 Å². The van der Waals surface area contributed by atoms with Gasteiger partial charge in [-0.15, -0.1) is 0 Å². The molecule has 372 valence electrons. The summed E-state index contributed by atoms with van der Waals surface area (Å²) < 4.78 is 96.7. The van der Waals surface area contributed by atoms with E-state index in [2.05, 4.69) is 29.2 Å².